The summed E-state index contributed by atoms with van der Waals surface area (Å²) in [6.45, 7) is 5.86. The van der Waals surface area contributed by atoms with Crippen molar-refractivity contribution in [2.24, 2.45) is 0 Å². The van der Waals surface area contributed by atoms with Gasteiger partial charge < -0.3 is 5.32 Å². The van der Waals surface area contributed by atoms with Gasteiger partial charge in [-0.2, -0.15) is 0 Å². The van der Waals surface area contributed by atoms with E-state index in [1.807, 2.05) is 37.7 Å². The van der Waals surface area contributed by atoms with Gasteiger partial charge in [0.15, 0.2) is 0 Å². The maximum atomic E-state index is 12.8. The molecular weight excluding hydrogens is 480 g/mol. The van der Waals surface area contributed by atoms with E-state index < -0.39 is 0 Å². The standard InChI is InChI=1S/C29H32N6OS/c1-20-27(21(2)34-19-33-20)29(36)32-17-22-6-3-7-23(16-22)18-35(14-11-26-30-13-15-37-26)25-10-4-8-24-9-5-12-31-28(24)25/h3,5-7,9,12-13,15-16,19,25H,4,8,10-11,14,17-18H2,1-2H3,(H,32,36). The molecular formula is C29H32N6OS. The number of hydrogen-bond acceptors (Lipinski definition) is 7. The molecule has 1 atom stereocenters. The lowest BCUT2D eigenvalue weighted by Gasteiger charge is -2.35. The van der Waals surface area contributed by atoms with Gasteiger partial charge >= 0.3 is 0 Å². The Morgan fingerprint density at radius 3 is 2.70 bits per heavy atom. The number of carbonyl (C=O) groups is 1. The number of nitrogens with one attached hydrogen (secondary N) is 1. The summed E-state index contributed by atoms with van der Waals surface area (Å²) in [5, 5.41) is 6.25. The molecule has 1 aromatic carbocycles. The summed E-state index contributed by atoms with van der Waals surface area (Å²) in [6.07, 6.45) is 9.58. The van der Waals surface area contributed by atoms with Crippen LogP contribution in [0, 0.1) is 13.8 Å². The number of pyridine rings is 1. The van der Waals surface area contributed by atoms with E-state index in [0.717, 1.165) is 42.9 Å². The minimum atomic E-state index is -0.143. The number of benzene rings is 1. The maximum absolute atomic E-state index is 12.8. The average Bonchev–Trinajstić information content (AvgIpc) is 3.43. The number of nitrogens with zero attached hydrogens (tertiary/aromatic N) is 5. The number of aromatic nitrogens is 4. The van der Waals surface area contributed by atoms with Crippen molar-refractivity contribution < 1.29 is 4.79 Å². The molecule has 3 aromatic heterocycles. The van der Waals surface area contributed by atoms with E-state index in [2.05, 4.69) is 55.5 Å². The normalized spacial score (nSPS) is 14.9. The highest BCUT2D eigenvalue weighted by molar-refractivity contribution is 7.09. The lowest BCUT2D eigenvalue weighted by Crippen LogP contribution is -2.33. The molecule has 3 heterocycles. The third kappa shape index (κ3) is 6.09. The van der Waals surface area contributed by atoms with Crippen molar-refractivity contribution in [3.63, 3.8) is 0 Å². The number of carbonyl (C=O) groups excluding carboxylic acids is 1. The van der Waals surface area contributed by atoms with E-state index in [0.29, 0.717) is 23.5 Å². The molecule has 1 amide bonds. The fourth-order valence-corrected chi connectivity index (χ4v) is 5.78. The number of thiazole rings is 1. The molecule has 0 saturated heterocycles. The Bertz CT molecular complexity index is 1340. The molecule has 0 radical (unpaired) electrons. The molecule has 0 fully saturated rings. The Kier molecular flexibility index (Phi) is 7.96. The zero-order valence-corrected chi connectivity index (χ0v) is 22.2. The van der Waals surface area contributed by atoms with Crippen molar-refractivity contribution in [1.29, 1.82) is 0 Å². The van der Waals surface area contributed by atoms with Crippen LogP contribution in [-0.2, 0) is 25.9 Å². The molecule has 0 bridgehead atoms. The van der Waals surface area contributed by atoms with Crippen molar-refractivity contribution in [3.05, 3.63) is 105 Å². The van der Waals surface area contributed by atoms with Gasteiger partial charge in [0, 0.05) is 43.8 Å². The van der Waals surface area contributed by atoms with Crippen molar-refractivity contribution in [2.75, 3.05) is 6.54 Å². The van der Waals surface area contributed by atoms with Gasteiger partial charge in [0.1, 0.15) is 6.33 Å². The van der Waals surface area contributed by atoms with Crippen LogP contribution in [0.4, 0.5) is 0 Å². The van der Waals surface area contributed by atoms with Gasteiger partial charge in [-0.25, -0.2) is 15.0 Å². The first-order valence-electron chi connectivity index (χ1n) is 12.8. The molecule has 4 aromatic rings. The van der Waals surface area contributed by atoms with Crippen LogP contribution in [0.2, 0.25) is 0 Å². The number of amides is 1. The summed E-state index contributed by atoms with van der Waals surface area (Å²) in [6, 6.07) is 13.1. The highest BCUT2D eigenvalue weighted by atomic mass is 32.1. The van der Waals surface area contributed by atoms with Crippen LogP contribution >= 0.6 is 11.3 Å². The van der Waals surface area contributed by atoms with E-state index in [1.54, 1.807) is 11.3 Å². The fourth-order valence-electron chi connectivity index (χ4n) is 5.17. The number of aryl methyl sites for hydroxylation is 3. The molecule has 5 rings (SSSR count). The van der Waals surface area contributed by atoms with E-state index in [1.165, 1.54) is 29.6 Å². The van der Waals surface area contributed by atoms with Crippen LogP contribution in [0.3, 0.4) is 0 Å². The van der Waals surface area contributed by atoms with Gasteiger partial charge in [-0.1, -0.05) is 30.3 Å². The third-order valence-electron chi connectivity index (χ3n) is 6.99. The number of rotatable bonds is 9. The zero-order valence-electron chi connectivity index (χ0n) is 21.4. The van der Waals surface area contributed by atoms with Crippen LogP contribution in [0.5, 0.6) is 0 Å². The van der Waals surface area contributed by atoms with E-state index in [-0.39, 0.29) is 11.9 Å². The molecule has 190 valence electrons. The summed E-state index contributed by atoms with van der Waals surface area (Å²) in [4.78, 5) is 33.0. The Labute approximate surface area is 222 Å². The third-order valence-corrected chi connectivity index (χ3v) is 7.83. The summed E-state index contributed by atoms with van der Waals surface area (Å²) in [5.41, 5.74) is 6.81. The summed E-state index contributed by atoms with van der Waals surface area (Å²) >= 11 is 1.71. The van der Waals surface area contributed by atoms with Crippen LogP contribution in [-0.4, -0.2) is 37.3 Å². The monoisotopic (exact) mass is 512 g/mol. The molecule has 0 aliphatic heterocycles. The predicted molar refractivity (Wildman–Crippen MR) is 145 cm³/mol. The second kappa shape index (κ2) is 11.7. The van der Waals surface area contributed by atoms with Gasteiger partial charge in [0.05, 0.1) is 33.7 Å². The van der Waals surface area contributed by atoms with Gasteiger partial charge in [0.2, 0.25) is 0 Å². The van der Waals surface area contributed by atoms with Crippen LogP contribution in [0.1, 0.15) is 68.0 Å². The first-order chi connectivity index (χ1) is 18.1. The molecule has 1 N–H and O–H groups in total. The maximum Gasteiger partial charge on any atom is 0.255 e. The predicted octanol–water partition coefficient (Wildman–Crippen LogP) is 5.00. The molecule has 0 saturated carbocycles. The summed E-state index contributed by atoms with van der Waals surface area (Å²) in [7, 11) is 0. The van der Waals surface area contributed by atoms with Crippen molar-refractivity contribution in [1.82, 2.24) is 30.2 Å². The second-order valence-corrected chi connectivity index (χ2v) is 10.5. The Balaban J connectivity index is 1.32. The molecule has 0 spiro atoms. The zero-order chi connectivity index (χ0) is 25.6. The smallest absolute Gasteiger partial charge is 0.255 e. The molecule has 37 heavy (non-hydrogen) atoms. The van der Waals surface area contributed by atoms with Gasteiger partial charge in [-0.3, -0.25) is 14.7 Å². The number of hydrogen-bond donors (Lipinski definition) is 1. The van der Waals surface area contributed by atoms with Gasteiger partial charge in [-0.15, -0.1) is 11.3 Å². The molecule has 8 heteroatoms. The lowest BCUT2D eigenvalue weighted by atomic mass is 9.90. The minimum Gasteiger partial charge on any atom is -0.348 e. The van der Waals surface area contributed by atoms with E-state index >= 15 is 0 Å². The van der Waals surface area contributed by atoms with E-state index in [4.69, 9.17) is 4.98 Å². The average molecular weight is 513 g/mol. The summed E-state index contributed by atoms with van der Waals surface area (Å²) in [5.74, 6) is -0.143. The highest BCUT2D eigenvalue weighted by Crippen LogP contribution is 2.34. The van der Waals surface area contributed by atoms with Gasteiger partial charge in [-0.05, 0) is 55.9 Å². The summed E-state index contributed by atoms with van der Waals surface area (Å²) < 4.78 is 0. The molecule has 7 nitrogen and oxygen atoms in total. The Hall–Kier alpha value is -3.49. The first kappa shape index (κ1) is 25.2. The molecule has 1 unspecified atom stereocenters. The largest absolute Gasteiger partial charge is 0.348 e. The second-order valence-electron chi connectivity index (χ2n) is 9.52. The Morgan fingerprint density at radius 2 is 1.89 bits per heavy atom. The van der Waals surface area contributed by atoms with E-state index in [9.17, 15) is 4.79 Å². The van der Waals surface area contributed by atoms with Crippen molar-refractivity contribution in [2.45, 2.75) is 58.7 Å². The van der Waals surface area contributed by atoms with Crippen LogP contribution in [0.25, 0.3) is 0 Å². The topological polar surface area (TPSA) is 83.9 Å². The quantitative estimate of drug-likeness (QED) is 0.340. The molecule has 1 aliphatic carbocycles. The lowest BCUT2D eigenvalue weighted by molar-refractivity contribution is 0.0948. The SMILES string of the molecule is Cc1ncnc(C)c1C(=O)NCc1cccc(CN(CCc2nccs2)C2CCCc3cccnc32)c1. The first-order valence-corrected chi connectivity index (χ1v) is 13.7. The van der Waals surface area contributed by atoms with Crippen molar-refractivity contribution >= 4 is 17.2 Å². The molecule has 1 aliphatic rings. The van der Waals surface area contributed by atoms with Crippen LogP contribution < -0.4 is 5.32 Å². The van der Waals surface area contributed by atoms with Gasteiger partial charge in [0.25, 0.3) is 5.91 Å². The van der Waals surface area contributed by atoms with Crippen molar-refractivity contribution in [3.8, 4) is 0 Å². The highest BCUT2D eigenvalue weighted by Gasteiger charge is 2.27. The minimum absolute atomic E-state index is 0.143. The Morgan fingerprint density at radius 1 is 1.05 bits per heavy atom. The number of fused-ring (bicyclic) bond motifs is 1. The van der Waals surface area contributed by atoms with Crippen LogP contribution in [0.15, 0.2) is 60.5 Å². The fraction of sp³-hybridized carbons (Fsp3) is 0.345.